The quantitative estimate of drug-likeness (QED) is 0.650. The second-order valence-electron chi connectivity index (χ2n) is 5.67. The van der Waals surface area contributed by atoms with E-state index in [1.807, 2.05) is 37.3 Å². The van der Waals surface area contributed by atoms with E-state index in [1.54, 1.807) is 24.3 Å². The van der Waals surface area contributed by atoms with Gasteiger partial charge in [0.25, 0.3) is 0 Å². The van der Waals surface area contributed by atoms with Crippen molar-refractivity contribution in [2.45, 2.75) is 25.8 Å². The van der Waals surface area contributed by atoms with Crippen molar-refractivity contribution in [1.82, 2.24) is 5.32 Å². The molecule has 0 aliphatic rings. The van der Waals surface area contributed by atoms with Crippen LogP contribution in [-0.4, -0.2) is 36.1 Å². The van der Waals surface area contributed by atoms with Crippen molar-refractivity contribution >= 4 is 11.8 Å². The third kappa shape index (κ3) is 6.04. The molecule has 0 spiro atoms. The molecule has 5 heteroatoms. The molecule has 0 saturated carbocycles. The Morgan fingerprint density at radius 1 is 1.08 bits per heavy atom. The van der Waals surface area contributed by atoms with Gasteiger partial charge in [0.1, 0.15) is 11.8 Å². The van der Waals surface area contributed by atoms with Crippen molar-refractivity contribution in [3.63, 3.8) is 0 Å². The number of benzene rings is 2. The van der Waals surface area contributed by atoms with Crippen LogP contribution in [0.2, 0.25) is 0 Å². The Morgan fingerprint density at radius 3 is 2.36 bits per heavy atom. The predicted molar refractivity (Wildman–Crippen MR) is 96.1 cm³/mol. The molecule has 0 aromatic heterocycles. The minimum absolute atomic E-state index is 0.0283. The standard InChI is InChI=1S/C20H23NO4/c1-2-25-17-10-8-16(9-11-17)19(22)12-13-21-18(20(23)24)14-15-6-4-3-5-7-15/h3-11,18,21H,2,12-14H2,1H3,(H,23,24). The topological polar surface area (TPSA) is 75.6 Å². The number of hydrogen-bond acceptors (Lipinski definition) is 4. The summed E-state index contributed by atoms with van der Waals surface area (Å²) in [6.45, 7) is 2.80. The van der Waals surface area contributed by atoms with Gasteiger partial charge in [-0.1, -0.05) is 30.3 Å². The van der Waals surface area contributed by atoms with E-state index >= 15 is 0 Å². The lowest BCUT2D eigenvalue weighted by Gasteiger charge is -2.14. The van der Waals surface area contributed by atoms with Gasteiger partial charge >= 0.3 is 5.97 Å². The van der Waals surface area contributed by atoms with Gasteiger partial charge in [-0.3, -0.25) is 9.59 Å². The molecule has 5 nitrogen and oxygen atoms in total. The van der Waals surface area contributed by atoms with Crippen molar-refractivity contribution in [2.24, 2.45) is 0 Å². The van der Waals surface area contributed by atoms with Crippen molar-refractivity contribution in [1.29, 1.82) is 0 Å². The number of aliphatic carboxylic acids is 1. The summed E-state index contributed by atoms with van der Waals surface area (Å²) in [7, 11) is 0. The number of nitrogens with one attached hydrogen (secondary N) is 1. The van der Waals surface area contributed by atoms with E-state index < -0.39 is 12.0 Å². The first kappa shape index (κ1) is 18.7. The number of carbonyl (C=O) groups excluding carboxylic acids is 1. The maximum Gasteiger partial charge on any atom is 0.321 e. The van der Waals surface area contributed by atoms with Crippen molar-refractivity contribution < 1.29 is 19.4 Å². The highest BCUT2D eigenvalue weighted by molar-refractivity contribution is 5.96. The molecule has 1 unspecified atom stereocenters. The SMILES string of the molecule is CCOc1ccc(C(=O)CCNC(Cc2ccccc2)C(=O)O)cc1. The van der Waals surface area contributed by atoms with E-state index in [4.69, 9.17) is 4.74 Å². The summed E-state index contributed by atoms with van der Waals surface area (Å²) < 4.78 is 5.35. The molecule has 0 fully saturated rings. The molecular weight excluding hydrogens is 318 g/mol. The molecule has 1 atom stereocenters. The molecule has 0 aliphatic heterocycles. The van der Waals surface area contributed by atoms with Gasteiger partial charge in [0.15, 0.2) is 5.78 Å². The van der Waals surface area contributed by atoms with Gasteiger partial charge in [-0.05, 0) is 43.2 Å². The number of carbonyl (C=O) groups is 2. The van der Waals surface area contributed by atoms with Gasteiger partial charge in [0.05, 0.1) is 6.61 Å². The van der Waals surface area contributed by atoms with Crippen LogP contribution in [-0.2, 0) is 11.2 Å². The number of carboxylic acids is 1. The molecule has 0 radical (unpaired) electrons. The number of Topliss-reactive ketones (excluding diaryl/α,β-unsaturated/α-hetero) is 1. The average Bonchev–Trinajstić information content (AvgIpc) is 2.62. The fourth-order valence-corrected chi connectivity index (χ4v) is 2.50. The highest BCUT2D eigenvalue weighted by Gasteiger charge is 2.17. The summed E-state index contributed by atoms with van der Waals surface area (Å²) in [6.07, 6.45) is 0.625. The molecule has 0 bridgehead atoms. The molecular formula is C20H23NO4. The van der Waals surface area contributed by atoms with Gasteiger partial charge in [-0.15, -0.1) is 0 Å². The summed E-state index contributed by atoms with van der Waals surface area (Å²) in [6, 6.07) is 15.7. The lowest BCUT2D eigenvalue weighted by Crippen LogP contribution is -2.39. The van der Waals surface area contributed by atoms with Crippen LogP contribution in [0.3, 0.4) is 0 Å². The second kappa shape index (κ2) is 9.59. The van der Waals surface area contributed by atoms with Gasteiger partial charge in [0.2, 0.25) is 0 Å². The van der Waals surface area contributed by atoms with E-state index in [1.165, 1.54) is 0 Å². The zero-order valence-electron chi connectivity index (χ0n) is 14.3. The van der Waals surface area contributed by atoms with Crippen LogP contribution in [0.5, 0.6) is 5.75 Å². The van der Waals surface area contributed by atoms with E-state index in [0.717, 1.165) is 11.3 Å². The Hall–Kier alpha value is -2.66. The van der Waals surface area contributed by atoms with Crippen LogP contribution in [0, 0.1) is 0 Å². The van der Waals surface area contributed by atoms with Crippen molar-refractivity contribution in [2.75, 3.05) is 13.2 Å². The van der Waals surface area contributed by atoms with E-state index in [9.17, 15) is 14.7 Å². The summed E-state index contributed by atoms with van der Waals surface area (Å²) in [5.41, 5.74) is 1.54. The summed E-state index contributed by atoms with van der Waals surface area (Å²) in [4.78, 5) is 23.6. The third-order valence-electron chi connectivity index (χ3n) is 3.81. The van der Waals surface area contributed by atoms with Gasteiger partial charge in [-0.2, -0.15) is 0 Å². The van der Waals surface area contributed by atoms with Crippen molar-refractivity contribution in [3.8, 4) is 5.75 Å². The molecule has 2 N–H and O–H groups in total. The van der Waals surface area contributed by atoms with E-state index in [-0.39, 0.29) is 12.2 Å². The van der Waals surface area contributed by atoms with Crippen LogP contribution < -0.4 is 10.1 Å². The molecule has 0 amide bonds. The Labute approximate surface area is 147 Å². The summed E-state index contributed by atoms with van der Waals surface area (Å²) in [5.74, 6) is -0.220. The lowest BCUT2D eigenvalue weighted by atomic mass is 10.1. The zero-order chi connectivity index (χ0) is 18.1. The molecule has 25 heavy (non-hydrogen) atoms. The normalized spacial score (nSPS) is 11.7. The fraction of sp³-hybridized carbons (Fsp3) is 0.300. The molecule has 0 heterocycles. The molecule has 2 aromatic rings. The molecule has 0 saturated heterocycles. The van der Waals surface area contributed by atoms with Crippen LogP contribution in [0.4, 0.5) is 0 Å². The monoisotopic (exact) mass is 341 g/mol. The predicted octanol–water partition coefficient (Wildman–Crippen LogP) is 2.94. The van der Waals surface area contributed by atoms with Crippen LogP contribution in [0.25, 0.3) is 0 Å². The van der Waals surface area contributed by atoms with Crippen LogP contribution >= 0.6 is 0 Å². The number of hydrogen-bond donors (Lipinski definition) is 2. The maximum absolute atomic E-state index is 12.2. The van der Waals surface area contributed by atoms with E-state index in [2.05, 4.69) is 5.32 Å². The average molecular weight is 341 g/mol. The van der Waals surface area contributed by atoms with Gasteiger partial charge in [-0.25, -0.2) is 0 Å². The Balaban J connectivity index is 1.84. The highest BCUT2D eigenvalue weighted by atomic mass is 16.5. The lowest BCUT2D eigenvalue weighted by molar-refractivity contribution is -0.139. The summed E-state index contributed by atoms with van der Waals surface area (Å²) in [5, 5.41) is 12.3. The number of ether oxygens (including phenoxy) is 1. The largest absolute Gasteiger partial charge is 0.494 e. The number of rotatable bonds is 10. The summed E-state index contributed by atoms with van der Waals surface area (Å²) >= 11 is 0. The smallest absolute Gasteiger partial charge is 0.321 e. The Bertz CT molecular complexity index is 683. The fourth-order valence-electron chi connectivity index (χ4n) is 2.50. The first-order valence-electron chi connectivity index (χ1n) is 8.36. The zero-order valence-corrected chi connectivity index (χ0v) is 14.3. The minimum atomic E-state index is -0.919. The molecule has 2 aromatic carbocycles. The molecule has 0 aliphatic carbocycles. The first-order chi connectivity index (χ1) is 12.1. The van der Waals surface area contributed by atoms with Crippen LogP contribution in [0.15, 0.2) is 54.6 Å². The Kier molecular flexibility index (Phi) is 7.16. The van der Waals surface area contributed by atoms with Gasteiger partial charge in [0, 0.05) is 18.5 Å². The van der Waals surface area contributed by atoms with E-state index in [0.29, 0.717) is 25.1 Å². The maximum atomic E-state index is 12.2. The number of carboxylic acid groups (broad SMARTS) is 1. The Morgan fingerprint density at radius 2 is 1.76 bits per heavy atom. The van der Waals surface area contributed by atoms with Crippen molar-refractivity contribution in [3.05, 3.63) is 65.7 Å². The minimum Gasteiger partial charge on any atom is -0.494 e. The molecule has 132 valence electrons. The third-order valence-corrected chi connectivity index (χ3v) is 3.81. The first-order valence-corrected chi connectivity index (χ1v) is 8.36. The highest BCUT2D eigenvalue weighted by Crippen LogP contribution is 2.13. The van der Waals surface area contributed by atoms with Crippen LogP contribution in [0.1, 0.15) is 29.3 Å². The molecule has 2 rings (SSSR count). The van der Waals surface area contributed by atoms with Gasteiger partial charge < -0.3 is 15.2 Å². The number of ketones is 1. The second-order valence-corrected chi connectivity index (χ2v) is 5.67.